The first-order chi connectivity index (χ1) is 11.8. The van der Waals surface area contributed by atoms with Crippen molar-refractivity contribution in [3.8, 4) is 0 Å². The SMILES string of the molecule is Cc1cc2c(NCCC(C)c3ccccc3)nc(C(F)(F)F)nc2s1. The van der Waals surface area contributed by atoms with E-state index in [1.54, 1.807) is 0 Å². The maximum Gasteiger partial charge on any atom is 0.451 e. The van der Waals surface area contributed by atoms with Crippen LogP contribution in [0, 0.1) is 6.92 Å². The van der Waals surface area contributed by atoms with Crippen molar-refractivity contribution in [2.45, 2.75) is 32.4 Å². The summed E-state index contributed by atoms with van der Waals surface area (Å²) in [6, 6.07) is 11.9. The Hall–Kier alpha value is -2.15. The van der Waals surface area contributed by atoms with Crippen molar-refractivity contribution in [2.24, 2.45) is 0 Å². The molecule has 3 rings (SSSR count). The minimum Gasteiger partial charge on any atom is -0.369 e. The molecular formula is C18H18F3N3S. The van der Waals surface area contributed by atoms with E-state index in [0.29, 0.717) is 22.7 Å². The predicted octanol–water partition coefficient (Wildman–Crippen LogP) is 5.62. The second-order valence-corrected chi connectivity index (χ2v) is 7.23. The number of benzene rings is 1. The van der Waals surface area contributed by atoms with E-state index < -0.39 is 12.0 Å². The molecule has 0 aliphatic rings. The first kappa shape index (κ1) is 17.7. The highest BCUT2D eigenvalue weighted by Gasteiger charge is 2.35. The van der Waals surface area contributed by atoms with Gasteiger partial charge in [-0.25, -0.2) is 9.97 Å². The molecule has 7 heteroatoms. The van der Waals surface area contributed by atoms with Gasteiger partial charge in [0.05, 0.1) is 5.39 Å². The number of alkyl halides is 3. The highest BCUT2D eigenvalue weighted by molar-refractivity contribution is 7.18. The lowest BCUT2D eigenvalue weighted by molar-refractivity contribution is -0.144. The Balaban J connectivity index is 1.78. The Kier molecular flexibility index (Phi) is 4.94. The Morgan fingerprint density at radius 2 is 1.88 bits per heavy atom. The van der Waals surface area contributed by atoms with Gasteiger partial charge in [0, 0.05) is 11.4 Å². The van der Waals surface area contributed by atoms with Crippen LogP contribution in [0.5, 0.6) is 0 Å². The number of nitrogens with one attached hydrogen (secondary N) is 1. The van der Waals surface area contributed by atoms with Gasteiger partial charge < -0.3 is 5.32 Å². The number of fused-ring (bicyclic) bond motifs is 1. The molecule has 0 radical (unpaired) electrons. The number of thiophene rings is 1. The van der Waals surface area contributed by atoms with Gasteiger partial charge >= 0.3 is 6.18 Å². The highest BCUT2D eigenvalue weighted by atomic mass is 32.1. The van der Waals surface area contributed by atoms with Gasteiger partial charge in [-0.2, -0.15) is 13.2 Å². The number of aromatic nitrogens is 2. The standard InChI is InChI=1S/C18H18F3N3S/c1-11(13-6-4-3-5-7-13)8-9-22-15-14-10-12(2)25-16(14)24-17(23-15)18(19,20)21/h3-7,10-11H,8-9H2,1-2H3,(H,22,23,24). The van der Waals surface area contributed by atoms with E-state index in [1.165, 1.54) is 16.9 Å². The molecule has 0 bridgehead atoms. The van der Waals surface area contributed by atoms with Gasteiger partial charge in [0.1, 0.15) is 10.6 Å². The van der Waals surface area contributed by atoms with E-state index in [0.717, 1.165) is 11.3 Å². The van der Waals surface area contributed by atoms with Crippen molar-refractivity contribution in [3.63, 3.8) is 0 Å². The van der Waals surface area contributed by atoms with Crippen LogP contribution in [0.3, 0.4) is 0 Å². The van der Waals surface area contributed by atoms with Crippen LogP contribution in [0.2, 0.25) is 0 Å². The zero-order chi connectivity index (χ0) is 18.0. The third-order valence-electron chi connectivity index (χ3n) is 4.01. The minimum absolute atomic E-state index is 0.252. The lowest BCUT2D eigenvalue weighted by atomic mass is 9.98. The molecule has 1 aromatic carbocycles. The fourth-order valence-corrected chi connectivity index (χ4v) is 3.54. The van der Waals surface area contributed by atoms with E-state index in [4.69, 9.17) is 0 Å². The van der Waals surface area contributed by atoms with Crippen LogP contribution in [-0.4, -0.2) is 16.5 Å². The topological polar surface area (TPSA) is 37.8 Å². The van der Waals surface area contributed by atoms with Crippen molar-refractivity contribution < 1.29 is 13.2 Å². The largest absolute Gasteiger partial charge is 0.451 e. The average Bonchev–Trinajstić information content (AvgIpc) is 2.95. The molecule has 0 amide bonds. The summed E-state index contributed by atoms with van der Waals surface area (Å²) in [7, 11) is 0. The molecule has 0 aliphatic carbocycles. The Bertz CT molecular complexity index is 859. The van der Waals surface area contributed by atoms with Crippen molar-refractivity contribution in [1.29, 1.82) is 0 Å². The first-order valence-corrected chi connectivity index (χ1v) is 8.80. The van der Waals surface area contributed by atoms with E-state index >= 15 is 0 Å². The maximum absolute atomic E-state index is 13.0. The molecule has 0 aliphatic heterocycles. The lowest BCUT2D eigenvalue weighted by Gasteiger charge is -2.14. The molecular weight excluding hydrogens is 347 g/mol. The maximum atomic E-state index is 13.0. The van der Waals surface area contributed by atoms with Crippen molar-refractivity contribution in [1.82, 2.24) is 9.97 Å². The molecule has 1 atom stereocenters. The average molecular weight is 365 g/mol. The summed E-state index contributed by atoms with van der Waals surface area (Å²) in [5, 5.41) is 3.71. The minimum atomic E-state index is -4.56. The second kappa shape index (κ2) is 7.00. The molecule has 3 nitrogen and oxygen atoms in total. The van der Waals surface area contributed by atoms with Gasteiger partial charge in [0.15, 0.2) is 0 Å². The number of aryl methyl sites for hydroxylation is 1. The second-order valence-electron chi connectivity index (χ2n) is 6.00. The van der Waals surface area contributed by atoms with Gasteiger partial charge in [-0.3, -0.25) is 0 Å². The third-order valence-corrected chi connectivity index (χ3v) is 4.95. The lowest BCUT2D eigenvalue weighted by Crippen LogP contribution is -2.14. The Morgan fingerprint density at radius 3 is 2.56 bits per heavy atom. The Labute approximate surface area is 147 Å². The monoisotopic (exact) mass is 365 g/mol. The van der Waals surface area contributed by atoms with Crippen molar-refractivity contribution in [2.75, 3.05) is 11.9 Å². The van der Waals surface area contributed by atoms with E-state index in [-0.39, 0.29) is 5.82 Å². The Morgan fingerprint density at radius 1 is 1.16 bits per heavy atom. The summed E-state index contributed by atoms with van der Waals surface area (Å²) in [6.07, 6.45) is -3.76. The molecule has 1 N–H and O–H groups in total. The van der Waals surface area contributed by atoms with Gasteiger partial charge in [-0.1, -0.05) is 37.3 Å². The molecule has 0 fully saturated rings. The van der Waals surface area contributed by atoms with Gasteiger partial charge in [0.25, 0.3) is 0 Å². The third kappa shape index (κ3) is 4.10. The van der Waals surface area contributed by atoms with Crippen LogP contribution in [-0.2, 0) is 6.18 Å². The van der Waals surface area contributed by atoms with E-state index in [2.05, 4.69) is 34.3 Å². The molecule has 25 heavy (non-hydrogen) atoms. The number of hydrogen-bond acceptors (Lipinski definition) is 4. The predicted molar refractivity (Wildman–Crippen MR) is 95.1 cm³/mol. The van der Waals surface area contributed by atoms with Gasteiger partial charge in [0.2, 0.25) is 5.82 Å². The first-order valence-electron chi connectivity index (χ1n) is 7.99. The summed E-state index contributed by atoms with van der Waals surface area (Å²) in [5.41, 5.74) is 1.21. The fraction of sp³-hybridized carbons (Fsp3) is 0.333. The summed E-state index contributed by atoms with van der Waals surface area (Å²) in [6.45, 7) is 4.48. The molecule has 3 aromatic rings. The molecule has 0 spiro atoms. The summed E-state index contributed by atoms with van der Waals surface area (Å²) >= 11 is 1.24. The smallest absolute Gasteiger partial charge is 0.369 e. The van der Waals surface area contributed by atoms with Gasteiger partial charge in [-0.05, 0) is 30.9 Å². The molecule has 1 unspecified atom stereocenters. The van der Waals surface area contributed by atoms with E-state index in [9.17, 15) is 13.2 Å². The van der Waals surface area contributed by atoms with Crippen molar-refractivity contribution in [3.05, 3.63) is 52.7 Å². The van der Waals surface area contributed by atoms with Crippen LogP contribution in [0.15, 0.2) is 36.4 Å². The molecule has 2 aromatic heterocycles. The number of hydrogen-bond donors (Lipinski definition) is 1. The van der Waals surface area contributed by atoms with Crippen molar-refractivity contribution >= 4 is 27.4 Å². The number of rotatable bonds is 5. The molecule has 0 saturated heterocycles. The van der Waals surface area contributed by atoms with Crippen LogP contribution >= 0.6 is 11.3 Å². The normalized spacial score (nSPS) is 13.2. The van der Waals surface area contributed by atoms with Crippen LogP contribution in [0.25, 0.3) is 10.2 Å². The number of halogens is 3. The molecule has 132 valence electrons. The molecule has 2 heterocycles. The summed E-state index contributed by atoms with van der Waals surface area (Å²) < 4.78 is 39.1. The number of anilines is 1. The quantitative estimate of drug-likeness (QED) is 0.637. The highest BCUT2D eigenvalue weighted by Crippen LogP contribution is 2.34. The van der Waals surface area contributed by atoms with Gasteiger partial charge in [-0.15, -0.1) is 11.3 Å². The zero-order valence-corrected chi connectivity index (χ0v) is 14.7. The van der Waals surface area contributed by atoms with Crippen LogP contribution < -0.4 is 5.32 Å². The summed E-state index contributed by atoms with van der Waals surface area (Å²) in [5.74, 6) is -0.542. The fourth-order valence-electron chi connectivity index (χ4n) is 2.66. The molecule has 0 saturated carbocycles. The zero-order valence-electron chi connectivity index (χ0n) is 13.9. The van der Waals surface area contributed by atoms with E-state index in [1.807, 2.05) is 31.2 Å². The van der Waals surface area contributed by atoms with Crippen LogP contribution in [0.1, 0.15) is 35.5 Å². The summed E-state index contributed by atoms with van der Waals surface area (Å²) in [4.78, 5) is 8.64. The number of nitrogens with zero attached hydrogens (tertiary/aromatic N) is 2. The van der Waals surface area contributed by atoms with Crippen LogP contribution in [0.4, 0.5) is 19.0 Å².